The second-order valence-corrected chi connectivity index (χ2v) is 3.87. The van der Waals surface area contributed by atoms with Crippen LogP contribution in [0.25, 0.3) is 6.08 Å². The smallest absolute Gasteiger partial charge is 0.126 e. The van der Waals surface area contributed by atoms with E-state index in [9.17, 15) is 5.11 Å². The minimum absolute atomic E-state index is 0. The quantitative estimate of drug-likeness (QED) is 0.498. The van der Waals surface area contributed by atoms with Crippen molar-refractivity contribution < 1.29 is 26.6 Å². The van der Waals surface area contributed by atoms with Crippen LogP contribution >= 0.6 is 0 Å². The molecule has 1 N–H and O–H groups in total. The summed E-state index contributed by atoms with van der Waals surface area (Å²) in [7, 11) is 0. The number of aliphatic hydroxyl groups excluding tert-OH is 1. The Morgan fingerprint density at radius 2 is 1.80 bits per heavy atom. The molecular formula is C17H15FeO2-. The molecule has 0 atom stereocenters. The van der Waals surface area contributed by atoms with Crippen molar-refractivity contribution in [2.75, 3.05) is 0 Å². The molecule has 1 aromatic heterocycles. The van der Waals surface area contributed by atoms with Gasteiger partial charge in [-0.05, 0) is 24.3 Å². The van der Waals surface area contributed by atoms with E-state index in [0.717, 1.165) is 11.3 Å². The van der Waals surface area contributed by atoms with Crippen LogP contribution in [-0.4, -0.2) is 5.11 Å². The predicted molar refractivity (Wildman–Crippen MR) is 77.7 cm³/mol. The molecular weight excluding hydrogens is 292 g/mol. The molecule has 20 heavy (non-hydrogen) atoms. The first-order valence-corrected chi connectivity index (χ1v) is 6.02. The molecule has 1 aromatic carbocycles. The molecule has 0 spiro atoms. The van der Waals surface area contributed by atoms with Crippen LogP contribution in [0.4, 0.5) is 0 Å². The first kappa shape index (κ1) is 16.0. The summed E-state index contributed by atoms with van der Waals surface area (Å²) in [6.45, 7) is 0. The van der Waals surface area contributed by atoms with Gasteiger partial charge in [0.05, 0.1) is 6.26 Å². The summed E-state index contributed by atoms with van der Waals surface area (Å²) in [4.78, 5) is 0. The number of rotatable bonds is 2. The van der Waals surface area contributed by atoms with Crippen LogP contribution < -0.4 is 0 Å². The number of furan rings is 1. The summed E-state index contributed by atoms with van der Waals surface area (Å²) in [5, 5.41) is 9.60. The molecule has 0 unspecified atom stereocenters. The van der Waals surface area contributed by atoms with Crippen LogP contribution in [0.15, 0.2) is 94.9 Å². The van der Waals surface area contributed by atoms with E-state index in [1.807, 2.05) is 60.7 Å². The summed E-state index contributed by atoms with van der Waals surface area (Å²) in [6.07, 6.45) is 12.4. The van der Waals surface area contributed by atoms with E-state index in [0.29, 0.717) is 0 Å². The summed E-state index contributed by atoms with van der Waals surface area (Å²) in [6, 6.07) is 13.6. The molecule has 0 amide bonds. The van der Waals surface area contributed by atoms with Crippen molar-refractivity contribution in [3.05, 3.63) is 96.2 Å². The Labute approximate surface area is 129 Å². The summed E-state index contributed by atoms with van der Waals surface area (Å²) >= 11 is 0. The number of aliphatic hydroxyl groups is 1. The van der Waals surface area contributed by atoms with Crippen molar-refractivity contribution in [3.8, 4) is 0 Å². The fraction of sp³-hybridized carbons (Fsp3) is 0. The van der Waals surface area contributed by atoms with Gasteiger partial charge in [0.15, 0.2) is 0 Å². The Bertz CT molecular complexity index is 554. The van der Waals surface area contributed by atoms with Crippen LogP contribution in [0.1, 0.15) is 5.76 Å². The minimum Gasteiger partial charge on any atom is -0.507 e. The zero-order valence-corrected chi connectivity index (χ0v) is 11.9. The van der Waals surface area contributed by atoms with E-state index in [2.05, 4.69) is 0 Å². The van der Waals surface area contributed by atoms with E-state index in [4.69, 9.17) is 4.42 Å². The third-order valence-electron chi connectivity index (χ3n) is 2.46. The van der Waals surface area contributed by atoms with E-state index in [1.165, 1.54) is 0 Å². The normalized spacial score (nSPS) is 12.1. The van der Waals surface area contributed by atoms with Crippen LogP contribution in [0.5, 0.6) is 0 Å². The van der Waals surface area contributed by atoms with Crippen molar-refractivity contribution in [2.24, 2.45) is 0 Å². The van der Waals surface area contributed by atoms with Crippen molar-refractivity contribution in [2.45, 2.75) is 0 Å². The van der Waals surface area contributed by atoms with Gasteiger partial charge in [-0.1, -0.05) is 24.3 Å². The predicted octanol–water partition coefficient (Wildman–Crippen LogP) is 4.63. The molecule has 1 heterocycles. The Hall–Kier alpha value is -2.09. The van der Waals surface area contributed by atoms with Gasteiger partial charge in [-0.15, -0.1) is 0 Å². The van der Waals surface area contributed by atoms with Gasteiger partial charge in [0, 0.05) is 22.6 Å². The van der Waals surface area contributed by atoms with Crippen molar-refractivity contribution >= 4 is 6.08 Å². The van der Waals surface area contributed by atoms with Crippen molar-refractivity contribution in [1.29, 1.82) is 0 Å². The molecule has 1 aliphatic carbocycles. The van der Waals surface area contributed by atoms with Crippen LogP contribution in [0.3, 0.4) is 0 Å². The molecule has 2 aromatic rings. The van der Waals surface area contributed by atoms with Gasteiger partial charge in [0.2, 0.25) is 0 Å². The molecule has 2 nitrogen and oxygen atoms in total. The average molecular weight is 307 g/mol. The fourth-order valence-corrected chi connectivity index (χ4v) is 1.51. The van der Waals surface area contributed by atoms with Crippen LogP contribution in [-0.2, 0) is 17.1 Å². The summed E-state index contributed by atoms with van der Waals surface area (Å²) < 4.78 is 5.09. The maximum atomic E-state index is 9.60. The molecule has 0 radical (unpaired) electrons. The van der Waals surface area contributed by atoms with E-state index < -0.39 is 0 Å². The maximum absolute atomic E-state index is 9.60. The van der Waals surface area contributed by atoms with E-state index in [1.54, 1.807) is 24.5 Å². The van der Waals surface area contributed by atoms with Gasteiger partial charge in [-0.3, -0.25) is 0 Å². The van der Waals surface area contributed by atoms with E-state index >= 15 is 0 Å². The third-order valence-corrected chi connectivity index (χ3v) is 2.46. The molecule has 104 valence electrons. The van der Waals surface area contributed by atoms with Gasteiger partial charge < -0.3 is 9.52 Å². The first-order valence-electron chi connectivity index (χ1n) is 6.02. The minimum atomic E-state index is 0. The Morgan fingerprint density at radius 1 is 1.10 bits per heavy atom. The van der Waals surface area contributed by atoms with Gasteiger partial charge in [0.1, 0.15) is 11.5 Å². The topological polar surface area (TPSA) is 33.4 Å². The fourth-order valence-electron chi connectivity index (χ4n) is 1.51. The van der Waals surface area contributed by atoms with Crippen LogP contribution in [0, 0.1) is 0 Å². The van der Waals surface area contributed by atoms with Crippen molar-refractivity contribution in [1.82, 2.24) is 0 Å². The third kappa shape index (κ3) is 5.27. The van der Waals surface area contributed by atoms with Gasteiger partial charge in [-0.2, -0.15) is 18.2 Å². The molecule has 0 saturated carbocycles. The molecule has 0 bridgehead atoms. The Balaban J connectivity index is 0.000000283. The summed E-state index contributed by atoms with van der Waals surface area (Å²) in [5.41, 5.74) is 0.813. The molecule has 1 aliphatic rings. The zero-order valence-electron chi connectivity index (χ0n) is 10.8. The molecule has 0 fully saturated rings. The standard InChI is InChI=1S/C12H10O2.C5H5.Fe/c13-12(10-4-1-2-5-10)8-7-11-6-3-9-14-11;1-2-4-5-3-1;/h1-9,13H;1-5H;/q;-1;. The molecule has 3 rings (SSSR count). The average Bonchev–Trinajstić information content (AvgIpc) is 3.21. The number of hydrogen-bond donors (Lipinski definition) is 1. The molecule has 0 aliphatic heterocycles. The van der Waals surface area contributed by atoms with Crippen molar-refractivity contribution in [3.63, 3.8) is 0 Å². The zero-order chi connectivity index (χ0) is 13.3. The molecule has 3 heteroatoms. The SMILES string of the molecule is OC(C=Cc1ccco1)=C1C=CC=C1.[Fe].c1cc[cH-]c1. The van der Waals surface area contributed by atoms with Gasteiger partial charge in [-0.25, -0.2) is 12.1 Å². The van der Waals surface area contributed by atoms with E-state index in [-0.39, 0.29) is 22.8 Å². The molecule has 0 saturated heterocycles. The Kier molecular flexibility index (Phi) is 7.12. The Morgan fingerprint density at radius 3 is 2.30 bits per heavy atom. The van der Waals surface area contributed by atoms with Gasteiger partial charge >= 0.3 is 0 Å². The second kappa shape index (κ2) is 8.92. The number of hydrogen-bond acceptors (Lipinski definition) is 2. The maximum Gasteiger partial charge on any atom is 0.126 e. The second-order valence-electron chi connectivity index (χ2n) is 3.87. The monoisotopic (exact) mass is 307 g/mol. The van der Waals surface area contributed by atoms with Crippen LogP contribution in [0.2, 0.25) is 0 Å². The van der Waals surface area contributed by atoms with Gasteiger partial charge in [0.25, 0.3) is 0 Å². The number of allylic oxidation sites excluding steroid dienone is 6. The summed E-state index contributed by atoms with van der Waals surface area (Å²) in [5.74, 6) is 0.967. The first-order chi connectivity index (χ1) is 9.36. The largest absolute Gasteiger partial charge is 0.507 e.